The molecule has 1 aromatic heterocycles. The Balaban J connectivity index is 2.31. The van der Waals surface area contributed by atoms with Crippen molar-refractivity contribution in [2.24, 2.45) is 0 Å². The molecule has 2 aromatic rings. The zero-order valence-corrected chi connectivity index (χ0v) is 13.5. The number of aromatic nitrogens is 1. The predicted molar refractivity (Wildman–Crippen MR) is 94.3 cm³/mol. The number of carbonyl (C=O) groups is 1. The van der Waals surface area contributed by atoms with Crippen LogP contribution in [0.4, 0.5) is 16.2 Å². The maximum absolute atomic E-state index is 11.5. The number of nitrogen functional groups attached to an aromatic ring is 1. The average Bonchev–Trinajstić information content (AvgIpc) is 2.44. The summed E-state index contributed by atoms with van der Waals surface area (Å²) in [5.74, 6) is 0. The molecule has 0 fully saturated rings. The Morgan fingerprint density at radius 3 is 2.48 bits per heavy atom. The number of nitrogens with two attached hydrogens (primary N) is 1. The molecule has 1 aromatic carbocycles. The van der Waals surface area contributed by atoms with Crippen LogP contribution in [-0.4, -0.2) is 21.7 Å². The molecule has 3 N–H and O–H groups in total. The smallest absolute Gasteiger partial charge is 0.412 e. The Morgan fingerprint density at radius 1 is 1.17 bits per heavy atom. The fraction of sp³-hybridized carbons (Fsp3) is 0.222. The summed E-state index contributed by atoms with van der Waals surface area (Å²) in [6.45, 7) is 5.53. The van der Waals surface area contributed by atoms with Crippen molar-refractivity contribution in [2.45, 2.75) is 26.3 Å². The second-order valence-corrected chi connectivity index (χ2v) is 6.27. The van der Waals surface area contributed by atoms with Gasteiger partial charge >= 0.3 is 6.09 Å². The summed E-state index contributed by atoms with van der Waals surface area (Å²) in [7, 11) is 0. The van der Waals surface area contributed by atoms with Gasteiger partial charge in [-0.15, -0.1) is 0 Å². The van der Waals surface area contributed by atoms with Crippen LogP contribution in [0, 0.1) is 0 Å². The SMILES string of the molecule is CC(C)(C)N(C(=O)O)c1cncc(/C=C\c2cccc(N)c2)c1. The molecular weight excluding hydrogens is 290 g/mol. The first-order valence-corrected chi connectivity index (χ1v) is 7.29. The molecule has 5 heteroatoms. The van der Waals surface area contributed by atoms with Gasteiger partial charge in [0.05, 0.1) is 11.9 Å². The number of benzene rings is 1. The standard InChI is InChI=1S/C18H21N3O2/c1-18(2,3)21(17(22)23)16-10-14(11-20-12-16)8-7-13-5-4-6-15(19)9-13/h4-12H,19H2,1-3H3,(H,22,23)/b8-7-. The van der Waals surface area contributed by atoms with E-state index in [0.29, 0.717) is 11.4 Å². The van der Waals surface area contributed by atoms with E-state index in [-0.39, 0.29) is 0 Å². The van der Waals surface area contributed by atoms with Gasteiger partial charge in [0, 0.05) is 17.4 Å². The Labute approximate surface area is 136 Å². The van der Waals surface area contributed by atoms with E-state index >= 15 is 0 Å². The average molecular weight is 311 g/mol. The quantitative estimate of drug-likeness (QED) is 0.836. The van der Waals surface area contributed by atoms with Gasteiger partial charge in [0.1, 0.15) is 0 Å². The molecule has 23 heavy (non-hydrogen) atoms. The van der Waals surface area contributed by atoms with Gasteiger partial charge in [-0.25, -0.2) is 4.79 Å². The fourth-order valence-electron chi connectivity index (χ4n) is 2.30. The normalized spacial score (nSPS) is 11.6. The van der Waals surface area contributed by atoms with Crippen molar-refractivity contribution in [3.8, 4) is 0 Å². The monoisotopic (exact) mass is 311 g/mol. The van der Waals surface area contributed by atoms with Crippen LogP contribution in [0.15, 0.2) is 42.7 Å². The van der Waals surface area contributed by atoms with E-state index in [0.717, 1.165) is 11.1 Å². The Morgan fingerprint density at radius 2 is 1.87 bits per heavy atom. The Bertz CT molecular complexity index is 733. The number of hydrogen-bond acceptors (Lipinski definition) is 3. The summed E-state index contributed by atoms with van der Waals surface area (Å²) in [6.07, 6.45) is 6.04. The molecule has 0 atom stereocenters. The van der Waals surface area contributed by atoms with Crippen LogP contribution in [0.3, 0.4) is 0 Å². The summed E-state index contributed by atoms with van der Waals surface area (Å²) in [5, 5.41) is 9.46. The highest BCUT2D eigenvalue weighted by molar-refractivity contribution is 5.88. The van der Waals surface area contributed by atoms with E-state index in [9.17, 15) is 9.90 Å². The predicted octanol–water partition coefficient (Wildman–Crippen LogP) is 4.12. The molecule has 120 valence electrons. The third kappa shape index (κ3) is 4.32. The highest BCUT2D eigenvalue weighted by atomic mass is 16.4. The highest BCUT2D eigenvalue weighted by Gasteiger charge is 2.28. The summed E-state index contributed by atoms with van der Waals surface area (Å²) in [5.41, 5.74) is 8.24. The summed E-state index contributed by atoms with van der Waals surface area (Å²) in [6, 6.07) is 9.33. The minimum atomic E-state index is -1.00. The molecule has 0 aliphatic carbocycles. The number of hydrogen-bond donors (Lipinski definition) is 2. The summed E-state index contributed by atoms with van der Waals surface area (Å²) >= 11 is 0. The van der Waals surface area contributed by atoms with E-state index in [1.54, 1.807) is 18.5 Å². The van der Waals surface area contributed by atoms with Gasteiger partial charge < -0.3 is 10.8 Å². The minimum Gasteiger partial charge on any atom is -0.465 e. The molecule has 5 nitrogen and oxygen atoms in total. The highest BCUT2D eigenvalue weighted by Crippen LogP contribution is 2.24. The molecule has 1 amide bonds. The topological polar surface area (TPSA) is 79.5 Å². The van der Waals surface area contributed by atoms with Gasteiger partial charge in [-0.3, -0.25) is 9.88 Å². The molecule has 2 rings (SSSR count). The van der Waals surface area contributed by atoms with Gasteiger partial charge in [-0.2, -0.15) is 0 Å². The lowest BCUT2D eigenvalue weighted by Gasteiger charge is -2.32. The molecule has 0 aliphatic rings. The zero-order valence-electron chi connectivity index (χ0n) is 13.5. The summed E-state index contributed by atoms with van der Waals surface area (Å²) in [4.78, 5) is 17.0. The first-order valence-electron chi connectivity index (χ1n) is 7.29. The van der Waals surface area contributed by atoms with Gasteiger partial charge in [-0.1, -0.05) is 24.3 Å². The van der Waals surface area contributed by atoms with Crippen molar-refractivity contribution in [2.75, 3.05) is 10.6 Å². The van der Waals surface area contributed by atoms with Gasteiger partial charge in [0.15, 0.2) is 0 Å². The molecule has 0 unspecified atom stereocenters. The number of anilines is 2. The molecule has 0 saturated carbocycles. The molecule has 0 saturated heterocycles. The molecule has 0 radical (unpaired) electrons. The van der Waals surface area contributed by atoms with Crippen LogP contribution >= 0.6 is 0 Å². The third-order valence-corrected chi connectivity index (χ3v) is 3.24. The van der Waals surface area contributed by atoms with Crippen LogP contribution in [0.5, 0.6) is 0 Å². The van der Waals surface area contributed by atoms with Crippen LogP contribution < -0.4 is 10.6 Å². The second kappa shape index (κ2) is 6.52. The number of carboxylic acid groups (broad SMARTS) is 1. The van der Waals surface area contributed by atoms with E-state index in [1.807, 2.05) is 57.2 Å². The maximum atomic E-state index is 11.5. The number of rotatable bonds is 3. The second-order valence-electron chi connectivity index (χ2n) is 6.27. The molecule has 0 bridgehead atoms. The van der Waals surface area contributed by atoms with Crippen molar-refractivity contribution in [1.82, 2.24) is 4.98 Å². The Hall–Kier alpha value is -2.82. The first kappa shape index (κ1) is 16.5. The summed E-state index contributed by atoms with van der Waals surface area (Å²) < 4.78 is 0. The van der Waals surface area contributed by atoms with Crippen LogP contribution in [0.1, 0.15) is 31.9 Å². The van der Waals surface area contributed by atoms with Crippen molar-refractivity contribution in [3.63, 3.8) is 0 Å². The van der Waals surface area contributed by atoms with Crippen molar-refractivity contribution < 1.29 is 9.90 Å². The lowest BCUT2D eigenvalue weighted by atomic mass is 10.1. The number of pyridine rings is 1. The van der Waals surface area contributed by atoms with Crippen molar-refractivity contribution in [3.05, 3.63) is 53.9 Å². The van der Waals surface area contributed by atoms with Crippen LogP contribution in [-0.2, 0) is 0 Å². The molecular formula is C18H21N3O2. The lowest BCUT2D eigenvalue weighted by molar-refractivity contribution is 0.195. The van der Waals surface area contributed by atoms with Crippen LogP contribution in [0.2, 0.25) is 0 Å². The van der Waals surface area contributed by atoms with E-state index in [4.69, 9.17) is 5.73 Å². The fourth-order valence-corrected chi connectivity index (χ4v) is 2.30. The van der Waals surface area contributed by atoms with E-state index in [1.165, 1.54) is 4.90 Å². The van der Waals surface area contributed by atoms with Gasteiger partial charge in [-0.05, 0) is 50.1 Å². The number of amides is 1. The van der Waals surface area contributed by atoms with Crippen molar-refractivity contribution >= 4 is 29.6 Å². The lowest BCUT2D eigenvalue weighted by Crippen LogP contribution is -2.45. The molecule has 1 heterocycles. The van der Waals surface area contributed by atoms with Gasteiger partial charge in [0.2, 0.25) is 0 Å². The zero-order chi connectivity index (χ0) is 17.0. The van der Waals surface area contributed by atoms with Crippen LogP contribution in [0.25, 0.3) is 12.2 Å². The Kier molecular flexibility index (Phi) is 4.69. The molecule has 0 aliphatic heterocycles. The molecule has 0 spiro atoms. The maximum Gasteiger partial charge on any atom is 0.412 e. The van der Waals surface area contributed by atoms with E-state index < -0.39 is 11.6 Å². The van der Waals surface area contributed by atoms with E-state index in [2.05, 4.69) is 4.98 Å². The third-order valence-electron chi connectivity index (χ3n) is 3.24. The minimum absolute atomic E-state index is 0.541. The van der Waals surface area contributed by atoms with Crippen molar-refractivity contribution in [1.29, 1.82) is 0 Å². The number of nitrogens with zero attached hydrogens (tertiary/aromatic N) is 2. The first-order chi connectivity index (χ1) is 10.8. The largest absolute Gasteiger partial charge is 0.465 e. The van der Waals surface area contributed by atoms with Gasteiger partial charge in [0.25, 0.3) is 0 Å².